The molecular formula is C32H30FN3O3. The first-order valence-corrected chi connectivity index (χ1v) is 12.7. The van der Waals surface area contributed by atoms with Crippen LogP contribution >= 0.6 is 0 Å². The summed E-state index contributed by atoms with van der Waals surface area (Å²) in [6.45, 7) is 6.71. The van der Waals surface area contributed by atoms with Crippen molar-refractivity contribution >= 4 is 22.9 Å². The second kappa shape index (κ2) is 13.1. The molecule has 0 aliphatic carbocycles. The molecule has 0 bridgehead atoms. The molecule has 1 amide bonds. The van der Waals surface area contributed by atoms with E-state index in [-0.39, 0.29) is 18.0 Å². The van der Waals surface area contributed by atoms with Crippen LogP contribution in [-0.2, 0) is 24.2 Å². The number of hydrogen-bond donors (Lipinski definition) is 2. The highest BCUT2D eigenvalue weighted by atomic mass is 19.1. The van der Waals surface area contributed by atoms with Gasteiger partial charge in [-0.25, -0.2) is 4.39 Å². The lowest BCUT2D eigenvalue weighted by Gasteiger charge is -2.17. The van der Waals surface area contributed by atoms with Crippen LogP contribution in [0.1, 0.15) is 29.2 Å². The van der Waals surface area contributed by atoms with Crippen LogP contribution in [0.2, 0.25) is 0 Å². The molecule has 39 heavy (non-hydrogen) atoms. The minimum atomic E-state index is -0.447. The van der Waals surface area contributed by atoms with Crippen molar-refractivity contribution in [3.8, 4) is 17.6 Å². The third kappa shape index (κ3) is 6.93. The fraction of sp³-hybridized carbons (Fsp3) is 0.188. The number of aromatic nitrogens is 1. The Labute approximate surface area is 227 Å². The number of carbonyl (C=O) groups excluding carboxylic acids is 1. The Balaban J connectivity index is 1.51. The van der Waals surface area contributed by atoms with E-state index in [0.29, 0.717) is 43.1 Å². The number of nitrogens with one attached hydrogen (secondary N) is 2. The fourth-order valence-corrected chi connectivity index (χ4v) is 4.30. The van der Waals surface area contributed by atoms with Crippen molar-refractivity contribution in [2.45, 2.75) is 26.4 Å². The molecule has 6 nitrogen and oxygen atoms in total. The standard InChI is InChI=1S/C32H30FN3O3/c1-3-7-24-16-23(18-30(38-4-2)31(24)39-21-22-10-12-27(33)13-11-22)17-26(19-34)32(37)35-15-14-25-20-36-29-9-6-5-8-28(25)29/h3,5-6,8-13,16-18,20,36H,1,4,7,14-15,21H2,2H3,(H,35,37)/b26-17-. The second-order valence-electron chi connectivity index (χ2n) is 8.88. The average molecular weight is 524 g/mol. The summed E-state index contributed by atoms with van der Waals surface area (Å²) >= 11 is 0. The maximum Gasteiger partial charge on any atom is 0.261 e. The fourth-order valence-electron chi connectivity index (χ4n) is 4.30. The van der Waals surface area contributed by atoms with Gasteiger partial charge in [0.25, 0.3) is 5.91 Å². The van der Waals surface area contributed by atoms with E-state index in [1.165, 1.54) is 12.1 Å². The number of rotatable bonds is 12. The van der Waals surface area contributed by atoms with E-state index in [1.807, 2.05) is 49.5 Å². The Morgan fingerprint density at radius 1 is 1.13 bits per heavy atom. The van der Waals surface area contributed by atoms with Gasteiger partial charge in [-0.05, 0) is 72.9 Å². The maximum atomic E-state index is 13.3. The third-order valence-corrected chi connectivity index (χ3v) is 6.15. The number of allylic oxidation sites excluding steroid dienone is 1. The predicted molar refractivity (Wildman–Crippen MR) is 151 cm³/mol. The number of H-pyrrole nitrogens is 1. The Kier molecular flexibility index (Phi) is 9.15. The summed E-state index contributed by atoms with van der Waals surface area (Å²) in [7, 11) is 0. The third-order valence-electron chi connectivity index (χ3n) is 6.15. The SMILES string of the molecule is C=CCc1cc(/C=C(/C#N)C(=O)NCCc2c[nH]c3ccccc23)cc(OCC)c1OCc1ccc(F)cc1. The van der Waals surface area contributed by atoms with Crippen LogP contribution < -0.4 is 14.8 Å². The molecule has 0 atom stereocenters. The van der Waals surface area contributed by atoms with Crippen molar-refractivity contribution in [3.05, 3.63) is 113 Å². The lowest BCUT2D eigenvalue weighted by molar-refractivity contribution is -0.117. The lowest BCUT2D eigenvalue weighted by Crippen LogP contribution is -2.26. The van der Waals surface area contributed by atoms with Crippen molar-refractivity contribution < 1.29 is 18.7 Å². The minimum absolute atomic E-state index is 0.0130. The predicted octanol–water partition coefficient (Wildman–Crippen LogP) is 6.28. The highest BCUT2D eigenvalue weighted by Crippen LogP contribution is 2.35. The smallest absolute Gasteiger partial charge is 0.261 e. The van der Waals surface area contributed by atoms with Crippen molar-refractivity contribution in [3.63, 3.8) is 0 Å². The largest absolute Gasteiger partial charge is 0.490 e. The van der Waals surface area contributed by atoms with Crippen LogP contribution in [-0.4, -0.2) is 24.0 Å². The van der Waals surface area contributed by atoms with Gasteiger partial charge in [0.1, 0.15) is 24.1 Å². The number of benzene rings is 3. The van der Waals surface area contributed by atoms with Crippen molar-refractivity contribution in [1.29, 1.82) is 5.26 Å². The maximum absolute atomic E-state index is 13.3. The Morgan fingerprint density at radius 2 is 1.92 bits per heavy atom. The van der Waals surface area contributed by atoms with E-state index in [2.05, 4.69) is 16.9 Å². The molecule has 4 aromatic rings. The molecule has 1 aromatic heterocycles. The summed E-state index contributed by atoms with van der Waals surface area (Å²) < 4.78 is 25.2. The molecule has 0 radical (unpaired) electrons. The van der Waals surface area contributed by atoms with E-state index in [1.54, 1.807) is 30.4 Å². The summed E-state index contributed by atoms with van der Waals surface area (Å²) in [5.41, 5.74) is 4.36. The quantitative estimate of drug-likeness (QED) is 0.130. The molecule has 4 rings (SSSR count). The number of aromatic amines is 1. The van der Waals surface area contributed by atoms with Gasteiger partial charge in [0.05, 0.1) is 6.61 Å². The molecule has 0 unspecified atom stereocenters. The Morgan fingerprint density at radius 3 is 2.67 bits per heavy atom. The van der Waals surface area contributed by atoms with Crippen molar-refractivity contribution in [1.82, 2.24) is 10.3 Å². The first kappa shape index (κ1) is 27.2. The number of amides is 1. The average Bonchev–Trinajstić information content (AvgIpc) is 3.35. The van der Waals surface area contributed by atoms with Gasteiger partial charge in [0, 0.05) is 29.2 Å². The molecular weight excluding hydrogens is 493 g/mol. The normalized spacial score (nSPS) is 11.2. The first-order valence-electron chi connectivity index (χ1n) is 12.7. The number of halogens is 1. The van der Waals surface area contributed by atoms with Gasteiger partial charge in [0.15, 0.2) is 11.5 Å². The molecule has 3 aromatic carbocycles. The van der Waals surface area contributed by atoms with Crippen LogP contribution in [0.4, 0.5) is 4.39 Å². The number of nitrogens with zero attached hydrogens (tertiary/aromatic N) is 1. The van der Waals surface area contributed by atoms with Gasteiger partial charge < -0.3 is 19.8 Å². The zero-order chi connectivity index (χ0) is 27.6. The summed E-state index contributed by atoms with van der Waals surface area (Å²) in [5.74, 6) is 0.270. The van der Waals surface area contributed by atoms with Crippen LogP contribution in [0.5, 0.6) is 11.5 Å². The van der Waals surface area contributed by atoms with Gasteiger partial charge in [0.2, 0.25) is 0 Å². The van der Waals surface area contributed by atoms with Crippen LogP contribution in [0, 0.1) is 17.1 Å². The zero-order valence-electron chi connectivity index (χ0n) is 21.8. The highest BCUT2D eigenvalue weighted by molar-refractivity contribution is 6.01. The van der Waals surface area contributed by atoms with Gasteiger partial charge in [-0.1, -0.05) is 36.4 Å². The van der Waals surface area contributed by atoms with E-state index < -0.39 is 5.91 Å². The number of ether oxygens (including phenoxy) is 2. The number of fused-ring (bicyclic) bond motifs is 1. The number of nitriles is 1. The summed E-state index contributed by atoms with van der Waals surface area (Å²) in [4.78, 5) is 16.1. The van der Waals surface area contributed by atoms with E-state index in [0.717, 1.165) is 27.6 Å². The number of hydrogen-bond acceptors (Lipinski definition) is 4. The number of carbonyl (C=O) groups is 1. The van der Waals surface area contributed by atoms with Crippen LogP contribution in [0.15, 0.2) is 85.1 Å². The summed E-state index contributed by atoms with van der Waals surface area (Å²) in [6, 6.07) is 19.7. The molecule has 0 aliphatic rings. The molecule has 0 saturated heterocycles. The van der Waals surface area contributed by atoms with Gasteiger partial charge >= 0.3 is 0 Å². The molecule has 0 spiro atoms. The van der Waals surface area contributed by atoms with E-state index in [9.17, 15) is 14.4 Å². The van der Waals surface area contributed by atoms with Crippen molar-refractivity contribution in [2.24, 2.45) is 0 Å². The lowest BCUT2D eigenvalue weighted by atomic mass is 10.0. The molecule has 198 valence electrons. The molecule has 1 heterocycles. The Bertz CT molecular complexity index is 1530. The molecule has 7 heteroatoms. The van der Waals surface area contributed by atoms with Gasteiger partial charge in [-0.15, -0.1) is 6.58 Å². The van der Waals surface area contributed by atoms with Crippen LogP contribution in [0.3, 0.4) is 0 Å². The number of para-hydroxylation sites is 1. The Hall–Kier alpha value is -4.83. The van der Waals surface area contributed by atoms with E-state index in [4.69, 9.17) is 9.47 Å². The molecule has 0 fully saturated rings. The van der Waals surface area contributed by atoms with E-state index >= 15 is 0 Å². The molecule has 2 N–H and O–H groups in total. The van der Waals surface area contributed by atoms with Crippen molar-refractivity contribution in [2.75, 3.05) is 13.2 Å². The van der Waals surface area contributed by atoms with Crippen LogP contribution in [0.25, 0.3) is 17.0 Å². The van der Waals surface area contributed by atoms with Gasteiger partial charge in [-0.3, -0.25) is 4.79 Å². The van der Waals surface area contributed by atoms with Gasteiger partial charge in [-0.2, -0.15) is 5.26 Å². The summed E-state index contributed by atoms with van der Waals surface area (Å²) in [5, 5.41) is 13.7. The molecule has 0 saturated carbocycles. The zero-order valence-corrected chi connectivity index (χ0v) is 21.8. The minimum Gasteiger partial charge on any atom is -0.490 e. The highest BCUT2D eigenvalue weighted by Gasteiger charge is 2.15. The monoisotopic (exact) mass is 523 g/mol. The second-order valence-corrected chi connectivity index (χ2v) is 8.88. The topological polar surface area (TPSA) is 87.1 Å². The summed E-state index contributed by atoms with van der Waals surface area (Å²) in [6.07, 6.45) is 6.34. The molecule has 0 aliphatic heterocycles. The first-order chi connectivity index (χ1) is 19.0.